The third-order valence-electron chi connectivity index (χ3n) is 2.03. The molecular formula is C11H12N2OS2. The van der Waals surface area contributed by atoms with Gasteiger partial charge < -0.3 is 4.98 Å². The molecule has 1 aromatic rings. The van der Waals surface area contributed by atoms with Crippen molar-refractivity contribution in [2.75, 3.05) is 5.75 Å². The number of aryl methyl sites for hydroxylation is 1. The fourth-order valence-electron chi connectivity index (χ4n) is 1.31. The number of hydrogen-bond acceptors (Lipinski definition) is 4. The topological polar surface area (TPSA) is 45.8 Å². The summed E-state index contributed by atoms with van der Waals surface area (Å²) in [6.45, 7) is 1.83. The van der Waals surface area contributed by atoms with Gasteiger partial charge in [-0.25, -0.2) is 4.98 Å². The molecule has 0 fully saturated rings. The van der Waals surface area contributed by atoms with Crippen LogP contribution in [-0.4, -0.2) is 15.7 Å². The van der Waals surface area contributed by atoms with Gasteiger partial charge in [0.15, 0.2) is 5.16 Å². The number of rotatable bonds is 3. The van der Waals surface area contributed by atoms with E-state index in [1.54, 1.807) is 23.5 Å². The van der Waals surface area contributed by atoms with Crippen LogP contribution in [0.5, 0.6) is 0 Å². The van der Waals surface area contributed by atoms with Crippen LogP contribution < -0.4 is 5.56 Å². The highest BCUT2D eigenvalue weighted by Gasteiger charge is 2.03. The molecule has 0 atom stereocenters. The molecule has 1 aliphatic rings. The molecule has 1 aliphatic heterocycles. The molecule has 0 aliphatic carbocycles. The van der Waals surface area contributed by atoms with Gasteiger partial charge in [-0.3, -0.25) is 4.79 Å². The quantitative estimate of drug-likeness (QED) is 0.663. The van der Waals surface area contributed by atoms with Gasteiger partial charge in [-0.2, -0.15) is 0 Å². The fourth-order valence-corrected chi connectivity index (χ4v) is 2.98. The molecule has 5 heteroatoms. The van der Waals surface area contributed by atoms with Crippen LogP contribution in [0.3, 0.4) is 0 Å². The molecular weight excluding hydrogens is 240 g/mol. The molecule has 0 spiro atoms. The molecule has 2 heterocycles. The monoisotopic (exact) mass is 252 g/mol. The molecule has 0 unspecified atom stereocenters. The van der Waals surface area contributed by atoms with Crippen LogP contribution in [0.25, 0.3) is 0 Å². The molecule has 0 radical (unpaired) electrons. The Balaban J connectivity index is 1.99. The SMILES string of the molecule is Cc1cc(=O)[nH]c(SCC2=CSC=CC2)n1. The zero-order valence-corrected chi connectivity index (χ0v) is 10.5. The minimum atomic E-state index is -0.0816. The lowest BCUT2D eigenvalue weighted by molar-refractivity contribution is 0.906. The Morgan fingerprint density at radius 1 is 1.62 bits per heavy atom. The van der Waals surface area contributed by atoms with Gasteiger partial charge in [-0.1, -0.05) is 17.8 Å². The number of nitrogens with zero attached hydrogens (tertiary/aromatic N) is 1. The van der Waals surface area contributed by atoms with Crippen molar-refractivity contribution in [2.24, 2.45) is 0 Å². The van der Waals surface area contributed by atoms with Crippen LogP contribution in [-0.2, 0) is 0 Å². The van der Waals surface area contributed by atoms with Crippen molar-refractivity contribution < 1.29 is 0 Å². The Morgan fingerprint density at radius 2 is 2.50 bits per heavy atom. The maximum atomic E-state index is 11.2. The first-order valence-electron chi connectivity index (χ1n) is 4.93. The first-order chi connectivity index (χ1) is 7.74. The zero-order chi connectivity index (χ0) is 11.4. The van der Waals surface area contributed by atoms with E-state index in [4.69, 9.17) is 0 Å². The van der Waals surface area contributed by atoms with Gasteiger partial charge in [0.2, 0.25) is 0 Å². The van der Waals surface area contributed by atoms with Crippen LogP contribution >= 0.6 is 23.5 Å². The molecule has 1 N–H and O–H groups in total. The van der Waals surface area contributed by atoms with E-state index in [9.17, 15) is 4.79 Å². The summed E-state index contributed by atoms with van der Waals surface area (Å²) in [5.41, 5.74) is 2.04. The fraction of sp³-hybridized carbons (Fsp3) is 0.273. The minimum Gasteiger partial charge on any atom is -0.301 e. The van der Waals surface area contributed by atoms with E-state index < -0.39 is 0 Å². The van der Waals surface area contributed by atoms with E-state index in [2.05, 4.69) is 26.9 Å². The second-order valence-corrected chi connectivity index (χ2v) is 5.21. The number of H-pyrrole nitrogens is 1. The van der Waals surface area contributed by atoms with Crippen LogP contribution in [0.2, 0.25) is 0 Å². The average Bonchev–Trinajstić information content (AvgIpc) is 2.27. The summed E-state index contributed by atoms with van der Waals surface area (Å²) in [6.07, 6.45) is 3.14. The number of thioether (sulfide) groups is 2. The van der Waals surface area contributed by atoms with E-state index in [1.807, 2.05) is 6.92 Å². The zero-order valence-electron chi connectivity index (χ0n) is 8.90. The lowest BCUT2D eigenvalue weighted by Gasteiger charge is -2.07. The number of aromatic nitrogens is 2. The Bertz CT molecular complexity index is 491. The Labute approximate surface area is 102 Å². The first kappa shape index (κ1) is 11.5. The van der Waals surface area contributed by atoms with Crippen molar-refractivity contribution in [3.05, 3.63) is 44.6 Å². The van der Waals surface area contributed by atoms with Gasteiger partial charge in [0.25, 0.3) is 5.56 Å². The Hall–Kier alpha value is -0.940. The summed E-state index contributed by atoms with van der Waals surface area (Å²) < 4.78 is 0. The highest BCUT2D eigenvalue weighted by Crippen LogP contribution is 2.24. The largest absolute Gasteiger partial charge is 0.301 e. The maximum Gasteiger partial charge on any atom is 0.251 e. The van der Waals surface area contributed by atoms with E-state index in [0.717, 1.165) is 17.9 Å². The van der Waals surface area contributed by atoms with Gasteiger partial charge in [0.1, 0.15) is 0 Å². The molecule has 0 saturated heterocycles. The molecule has 2 rings (SSSR count). The summed E-state index contributed by atoms with van der Waals surface area (Å²) in [6, 6.07) is 1.50. The van der Waals surface area contributed by atoms with Gasteiger partial charge in [0, 0.05) is 17.5 Å². The van der Waals surface area contributed by atoms with Crippen LogP contribution in [0.1, 0.15) is 12.1 Å². The normalized spacial score (nSPS) is 14.9. The summed E-state index contributed by atoms with van der Waals surface area (Å²) in [4.78, 5) is 18.2. The van der Waals surface area contributed by atoms with Crippen LogP contribution in [0, 0.1) is 6.92 Å². The minimum absolute atomic E-state index is 0.0816. The first-order valence-corrected chi connectivity index (χ1v) is 6.86. The van der Waals surface area contributed by atoms with Gasteiger partial charge in [0.05, 0.1) is 0 Å². The van der Waals surface area contributed by atoms with E-state index in [-0.39, 0.29) is 5.56 Å². The number of aromatic amines is 1. The number of allylic oxidation sites excluding steroid dienone is 1. The molecule has 0 bridgehead atoms. The lowest BCUT2D eigenvalue weighted by Crippen LogP contribution is -2.08. The molecule has 84 valence electrons. The van der Waals surface area contributed by atoms with E-state index in [1.165, 1.54) is 11.6 Å². The van der Waals surface area contributed by atoms with Crippen molar-refractivity contribution in [2.45, 2.75) is 18.5 Å². The standard InChI is InChI=1S/C11H12N2OS2/c1-8-5-10(14)13-11(12-8)16-7-9-3-2-4-15-6-9/h2,4-6H,3,7H2,1H3,(H,12,13,14). The third-order valence-corrected chi connectivity index (χ3v) is 3.83. The maximum absolute atomic E-state index is 11.2. The average molecular weight is 252 g/mol. The molecule has 1 aromatic heterocycles. The summed E-state index contributed by atoms with van der Waals surface area (Å²) in [5, 5.41) is 4.94. The second kappa shape index (κ2) is 5.41. The number of hydrogen-bond donors (Lipinski definition) is 1. The Morgan fingerprint density at radius 3 is 3.19 bits per heavy atom. The number of nitrogens with one attached hydrogen (secondary N) is 1. The van der Waals surface area contributed by atoms with E-state index >= 15 is 0 Å². The van der Waals surface area contributed by atoms with Gasteiger partial charge in [-0.15, -0.1) is 11.8 Å². The summed E-state index contributed by atoms with van der Waals surface area (Å²) in [7, 11) is 0. The lowest BCUT2D eigenvalue weighted by atomic mass is 10.2. The van der Waals surface area contributed by atoms with Crippen molar-refractivity contribution in [3.8, 4) is 0 Å². The molecule has 0 aromatic carbocycles. The molecule has 3 nitrogen and oxygen atoms in total. The molecule has 0 amide bonds. The van der Waals surface area contributed by atoms with Crippen molar-refractivity contribution in [1.29, 1.82) is 0 Å². The van der Waals surface area contributed by atoms with Gasteiger partial charge >= 0.3 is 0 Å². The van der Waals surface area contributed by atoms with Crippen LogP contribution in [0.4, 0.5) is 0 Å². The second-order valence-electron chi connectivity index (χ2n) is 3.47. The molecule has 16 heavy (non-hydrogen) atoms. The van der Waals surface area contributed by atoms with E-state index in [0.29, 0.717) is 5.16 Å². The Kier molecular flexibility index (Phi) is 3.90. The summed E-state index contributed by atoms with van der Waals surface area (Å²) >= 11 is 3.27. The van der Waals surface area contributed by atoms with Crippen molar-refractivity contribution in [3.63, 3.8) is 0 Å². The van der Waals surface area contributed by atoms with Gasteiger partial charge in [-0.05, 0) is 29.7 Å². The van der Waals surface area contributed by atoms with Crippen molar-refractivity contribution >= 4 is 23.5 Å². The third kappa shape index (κ3) is 3.28. The summed E-state index contributed by atoms with van der Waals surface area (Å²) in [5.74, 6) is 0.879. The van der Waals surface area contributed by atoms with Crippen LogP contribution in [0.15, 0.2) is 38.5 Å². The highest BCUT2D eigenvalue weighted by molar-refractivity contribution is 8.05. The highest BCUT2D eigenvalue weighted by atomic mass is 32.2. The predicted molar refractivity (Wildman–Crippen MR) is 69.7 cm³/mol. The predicted octanol–water partition coefficient (Wildman–Crippen LogP) is 2.70. The van der Waals surface area contributed by atoms with Crippen molar-refractivity contribution in [1.82, 2.24) is 9.97 Å². The molecule has 0 saturated carbocycles. The smallest absolute Gasteiger partial charge is 0.251 e.